The Morgan fingerprint density at radius 1 is 0.808 bits per heavy atom. The van der Waals surface area contributed by atoms with Gasteiger partial charge in [-0.1, -0.05) is 63.1 Å². The van der Waals surface area contributed by atoms with Crippen molar-refractivity contribution in [2.45, 2.75) is 39.5 Å². The van der Waals surface area contributed by atoms with Crippen LogP contribution in [-0.2, 0) is 4.57 Å². The molecule has 0 radical (unpaired) electrons. The second-order valence-corrected chi connectivity index (χ2v) is 7.04. The van der Waals surface area contributed by atoms with Crippen molar-refractivity contribution in [3.63, 3.8) is 0 Å². The Morgan fingerprint density at radius 3 is 1.54 bits per heavy atom. The predicted octanol–water partition coefficient (Wildman–Crippen LogP) is 5.42. The van der Waals surface area contributed by atoms with Gasteiger partial charge in [-0.15, -0.1) is 0 Å². The number of rotatable bonds is 10. The lowest BCUT2D eigenvalue weighted by Gasteiger charge is -2.13. The van der Waals surface area contributed by atoms with Gasteiger partial charge >= 0.3 is 7.82 Å². The van der Waals surface area contributed by atoms with Crippen molar-refractivity contribution in [1.29, 1.82) is 0 Å². The Balaban J connectivity index is 0.000000321. The molecule has 6 heteroatoms. The van der Waals surface area contributed by atoms with Gasteiger partial charge in [0.15, 0.2) is 0 Å². The Bertz CT molecular complexity index is 571. The number of para-hydroxylation sites is 2. The Morgan fingerprint density at radius 2 is 1.19 bits per heavy atom. The van der Waals surface area contributed by atoms with E-state index < -0.39 is 7.82 Å². The van der Waals surface area contributed by atoms with Gasteiger partial charge in [0.25, 0.3) is 0 Å². The van der Waals surface area contributed by atoms with Gasteiger partial charge in [-0.3, -0.25) is 4.89 Å². The van der Waals surface area contributed by atoms with Gasteiger partial charge in [-0.25, -0.2) is 4.57 Å². The molecule has 0 amide bonds. The summed E-state index contributed by atoms with van der Waals surface area (Å²) in [5, 5.41) is 3.39. The zero-order chi connectivity index (χ0) is 19.1. The summed E-state index contributed by atoms with van der Waals surface area (Å²) in [6.45, 7) is 6.86. The van der Waals surface area contributed by atoms with Crippen LogP contribution in [0, 0.1) is 0 Å². The van der Waals surface area contributed by atoms with Crippen molar-refractivity contribution < 1.29 is 18.5 Å². The monoisotopic (exact) mass is 379 g/mol. The lowest BCUT2D eigenvalue weighted by Crippen LogP contribution is -2.15. The van der Waals surface area contributed by atoms with Gasteiger partial charge in [0.05, 0.1) is 0 Å². The fourth-order valence-electron chi connectivity index (χ4n) is 1.98. The van der Waals surface area contributed by atoms with Crippen LogP contribution in [0.4, 0.5) is 0 Å². The minimum absolute atomic E-state index is 0.286. The molecule has 0 unspecified atom stereocenters. The minimum Gasteiger partial charge on any atom is -0.395 e. The molecule has 0 fully saturated rings. The summed E-state index contributed by atoms with van der Waals surface area (Å²) in [4.78, 5) is 9.53. The second-order valence-electron chi connectivity index (χ2n) is 5.73. The van der Waals surface area contributed by atoms with Crippen LogP contribution in [0.15, 0.2) is 60.7 Å². The molecule has 0 aliphatic carbocycles. The topological polar surface area (TPSA) is 67.8 Å². The molecule has 0 atom stereocenters. The maximum absolute atomic E-state index is 11.7. The third-order valence-corrected chi connectivity index (χ3v) is 4.23. The number of phosphoric acid groups is 1. The smallest absolute Gasteiger partial charge is 0.395 e. The summed E-state index contributed by atoms with van der Waals surface area (Å²) in [6, 6.07) is 16.7. The van der Waals surface area contributed by atoms with Gasteiger partial charge in [0.2, 0.25) is 0 Å². The first-order valence-corrected chi connectivity index (χ1v) is 10.6. The Kier molecular flexibility index (Phi) is 11.5. The van der Waals surface area contributed by atoms with Gasteiger partial charge in [0.1, 0.15) is 11.5 Å². The predicted molar refractivity (Wildman–Crippen MR) is 107 cm³/mol. The van der Waals surface area contributed by atoms with Crippen molar-refractivity contribution >= 4 is 7.82 Å². The molecule has 0 aliphatic rings. The van der Waals surface area contributed by atoms with Crippen LogP contribution in [0.5, 0.6) is 11.5 Å². The molecule has 0 spiro atoms. The lowest BCUT2D eigenvalue weighted by atomic mass is 10.3. The van der Waals surface area contributed by atoms with Crippen LogP contribution in [0.2, 0.25) is 0 Å². The van der Waals surface area contributed by atoms with Crippen LogP contribution < -0.4 is 14.4 Å². The SMILES string of the molecule is CCCCNCCCC.O=P(O)(Oc1ccccc1)Oc1ccccc1. The van der Waals surface area contributed by atoms with E-state index in [4.69, 9.17) is 9.05 Å². The highest BCUT2D eigenvalue weighted by Crippen LogP contribution is 2.44. The van der Waals surface area contributed by atoms with Crippen LogP contribution in [0.1, 0.15) is 39.5 Å². The zero-order valence-corrected chi connectivity index (χ0v) is 16.5. The van der Waals surface area contributed by atoms with Crippen molar-refractivity contribution in [1.82, 2.24) is 5.32 Å². The van der Waals surface area contributed by atoms with Crippen molar-refractivity contribution in [3.05, 3.63) is 60.7 Å². The van der Waals surface area contributed by atoms with E-state index in [1.807, 2.05) is 0 Å². The normalized spacial score (nSPS) is 10.6. The maximum atomic E-state index is 11.7. The average molecular weight is 379 g/mol. The summed E-state index contributed by atoms with van der Waals surface area (Å²) in [7, 11) is -4.14. The molecular weight excluding hydrogens is 349 g/mol. The number of hydrogen-bond acceptors (Lipinski definition) is 4. The molecule has 0 heterocycles. The molecule has 144 valence electrons. The van der Waals surface area contributed by atoms with Crippen molar-refractivity contribution in [3.8, 4) is 11.5 Å². The number of unbranched alkanes of at least 4 members (excludes halogenated alkanes) is 2. The molecule has 5 nitrogen and oxygen atoms in total. The van der Waals surface area contributed by atoms with E-state index >= 15 is 0 Å². The third-order valence-electron chi connectivity index (χ3n) is 3.34. The molecule has 26 heavy (non-hydrogen) atoms. The molecule has 2 aromatic rings. The lowest BCUT2D eigenvalue weighted by molar-refractivity contribution is 0.291. The van der Waals surface area contributed by atoms with E-state index in [2.05, 4.69) is 19.2 Å². The first-order chi connectivity index (χ1) is 12.6. The number of hydrogen-bond donors (Lipinski definition) is 2. The van der Waals surface area contributed by atoms with Gasteiger partial charge < -0.3 is 14.4 Å². The molecule has 2 aromatic carbocycles. The first-order valence-electron chi connectivity index (χ1n) is 9.10. The third kappa shape index (κ3) is 10.9. The summed E-state index contributed by atoms with van der Waals surface area (Å²) in [5.41, 5.74) is 0. The Labute approximate surface area is 157 Å². The van der Waals surface area contributed by atoms with Crippen LogP contribution >= 0.6 is 7.82 Å². The van der Waals surface area contributed by atoms with Crippen molar-refractivity contribution in [2.24, 2.45) is 0 Å². The van der Waals surface area contributed by atoms with E-state index in [-0.39, 0.29) is 11.5 Å². The largest absolute Gasteiger partial charge is 0.584 e. The summed E-state index contributed by atoms with van der Waals surface area (Å²) in [5.74, 6) is 0.573. The molecular formula is C20H30NO4P. The molecule has 0 aliphatic heterocycles. The number of phosphoric ester groups is 1. The summed E-state index contributed by atoms with van der Waals surface area (Å²) < 4.78 is 21.5. The molecule has 2 N–H and O–H groups in total. The highest BCUT2D eigenvalue weighted by atomic mass is 31.2. The van der Waals surface area contributed by atoms with Crippen LogP contribution in [0.25, 0.3) is 0 Å². The molecule has 0 saturated carbocycles. The van der Waals surface area contributed by atoms with E-state index in [9.17, 15) is 9.46 Å². The summed E-state index contributed by atoms with van der Waals surface area (Å²) >= 11 is 0. The van der Waals surface area contributed by atoms with Gasteiger partial charge in [0, 0.05) is 0 Å². The highest BCUT2D eigenvalue weighted by molar-refractivity contribution is 7.48. The molecule has 0 bridgehead atoms. The number of nitrogens with one attached hydrogen (secondary N) is 1. The fraction of sp³-hybridized carbons (Fsp3) is 0.400. The van der Waals surface area contributed by atoms with E-state index in [0.29, 0.717) is 0 Å². The molecule has 0 aromatic heterocycles. The van der Waals surface area contributed by atoms with E-state index in [1.165, 1.54) is 38.8 Å². The van der Waals surface area contributed by atoms with E-state index in [0.717, 1.165) is 0 Å². The molecule has 0 saturated heterocycles. The van der Waals surface area contributed by atoms with Crippen LogP contribution in [0.3, 0.4) is 0 Å². The van der Waals surface area contributed by atoms with Gasteiger partial charge in [-0.2, -0.15) is 0 Å². The molecule has 2 rings (SSSR count). The average Bonchev–Trinajstić information content (AvgIpc) is 2.63. The quantitative estimate of drug-likeness (QED) is 0.426. The summed E-state index contributed by atoms with van der Waals surface area (Å²) in [6.07, 6.45) is 5.26. The fourth-order valence-corrected chi connectivity index (χ4v) is 2.79. The van der Waals surface area contributed by atoms with Crippen LogP contribution in [-0.4, -0.2) is 18.0 Å². The first kappa shape index (κ1) is 22.2. The minimum atomic E-state index is -4.14. The number of benzene rings is 2. The van der Waals surface area contributed by atoms with E-state index in [1.54, 1.807) is 60.7 Å². The van der Waals surface area contributed by atoms with Gasteiger partial charge in [-0.05, 0) is 50.2 Å². The standard InChI is InChI=1S/C12H11O4P.C8H19N/c13-17(14,15-11-7-3-1-4-8-11)16-12-9-5-2-6-10-12;1-3-5-7-9-8-6-4-2/h1-10H,(H,13,14);9H,3-8H2,1-2H3. The van der Waals surface area contributed by atoms with Crippen molar-refractivity contribution in [2.75, 3.05) is 13.1 Å². The Hall–Kier alpha value is -1.81. The second kappa shape index (κ2) is 13.4. The maximum Gasteiger partial charge on any atom is 0.584 e. The highest BCUT2D eigenvalue weighted by Gasteiger charge is 2.24. The zero-order valence-electron chi connectivity index (χ0n) is 15.6.